The van der Waals surface area contributed by atoms with Crippen LogP contribution < -0.4 is 10.4 Å². The van der Waals surface area contributed by atoms with Crippen molar-refractivity contribution in [2.75, 3.05) is 5.01 Å². The molecule has 1 heterocycles. The summed E-state index contributed by atoms with van der Waals surface area (Å²) >= 11 is 6.75. The normalized spacial score (nSPS) is 21.8. The van der Waals surface area contributed by atoms with Crippen molar-refractivity contribution >= 4 is 34.0 Å². The monoisotopic (exact) mass is 210 g/mol. The summed E-state index contributed by atoms with van der Waals surface area (Å²) in [7, 11) is 0. The minimum atomic E-state index is 0.370. The van der Waals surface area contributed by atoms with E-state index in [9.17, 15) is 0 Å². The van der Waals surface area contributed by atoms with E-state index in [1.165, 1.54) is 0 Å². The quantitative estimate of drug-likeness (QED) is 0.715. The maximum atomic E-state index is 5.08. The van der Waals surface area contributed by atoms with Crippen molar-refractivity contribution in [3.05, 3.63) is 30.3 Å². The van der Waals surface area contributed by atoms with Crippen LogP contribution in [0.2, 0.25) is 0 Å². The molecule has 0 saturated carbocycles. The van der Waals surface area contributed by atoms with Crippen LogP contribution >= 0.6 is 24.0 Å². The maximum absolute atomic E-state index is 5.08. The molecule has 1 unspecified atom stereocenters. The number of nitrogens with zero attached hydrogens (tertiary/aromatic N) is 1. The lowest BCUT2D eigenvalue weighted by molar-refractivity contribution is 0.789. The van der Waals surface area contributed by atoms with Crippen LogP contribution in [0.4, 0.5) is 5.69 Å². The third-order valence-corrected chi connectivity index (χ3v) is 3.12. The fourth-order valence-electron chi connectivity index (χ4n) is 1.29. The van der Waals surface area contributed by atoms with E-state index in [0.717, 1.165) is 10.0 Å². The highest BCUT2D eigenvalue weighted by atomic mass is 32.2. The zero-order valence-electron chi connectivity index (χ0n) is 7.23. The highest BCUT2D eigenvalue weighted by molar-refractivity contribution is 8.23. The smallest absolute Gasteiger partial charge is 0.154 e. The van der Waals surface area contributed by atoms with Gasteiger partial charge in [-0.3, -0.25) is 10.4 Å². The van der Waals surface area contributed by atoms with Gasteiger partial charge in [0.25, 0.3) is 0 Å². The van der Waals surface area contributed by atoms with E-state index in [0.29, 0.717) is 5.37 Å². The molecule has 2 nitrogen and oxygen atoms in total. The van der Waals surface area contributed by atoms with E-state index in [1.54, 1.807) is 11.8 Å². The van der Waals surface area contributed by atoms with Crippen molar-refractivity contribution in [1.82, 2.24) is 5.43 Å². The molecule has 1 fully saturated rings. The molecule has 0 aromatic heterocycles. The summed E-state index contributed by atoms with van der Waals surface area (Å²) in [6, 6.07) is 10.2. The molecular formula is C9H10N2S2. The third kappa shape index (κ3) is 1.78. The molecule has 2 rings (SSSR count). The van der Waals surface area contributed by atoms with Gasteiger partial charge in [-0.1, -0.05) is 42.2 Å². The number of benzene rings is 1. The van der Waals surface area contributed by atoms with E-state index in [-0.39, 0.29) is 0 Å². The molecule has 1 aliphatic rings. The molecule has 0 spiro atoms. The van der Waals surface area contributed by atoms with Crippen LogP contribution in [0.3, 0.4) is 0 Å². The minimum absolute atomic E-state index is 0.370. The van der Waals surface area contributed by atoms with Gasteiger partial charge < -0.3 is 0 Å². The van der Waals surface area contributed by atoms with Crippen molar-refractivity contribution in [3.63, 3.8) is 0 Å². The number of hydrazine groups is 1. The van der Waals surface area contributed by atoms with Crippen LogP contribution in [0.1, 0.15) is 6.92 Å². The molecular weight excluding hydrogens is 200 g/mol. The fraction of sp³-hybridized carbons (Fsp3) is 0.222. The number of rotatable bonds is 1. The second-order valence-electron chi connectivity index (χ2n) is 2.82. The molecule has 1 N–H and O–H groups in total. The number of para-hydroxylation sites is 1. The molecule has 1 aromatic carbocycles. The molecule has 68 valence electrons. The molecule has 4 heteroatoms. The van der Waals surface area contributed by atoms with Crippen LogP contribution in [-0.2, 0) is 0 Å². The lowest BCUT2D eigenvalue weighted by atomic mass is 10.3. The van der Waals surface area contributed by atoms with Gasteiger partial charge in [-0.15, -0.1) is 0 Å². The van der Waals surface area contributed by atoms with Crippen LogP contribution in [-0.4, -0.2) is 9.69 Å². The molecule has 1 atom stereocenters. The van der Waals surface area contributed by atoms with E-state index < -0.39 is 0 Å². The first-order valence-corrected chi connectivity index (χ1v) is 5.38. The Morgan fingerprint density at radius 2 is 2.08 bits per heavy atom. The van der Waals surface area contributed by atoms with Gasteiger partial charge in [0, 0.05) is 0 Å². The first-order chi connectivity index (χ1) is 6.27. The zero-order chi connectivity index (χ0) is 9.26. The molecule has 1 aromatic rings. The average molecular weight is 210 g/mol. The van der Waals surface area contributed by atoms with Crippen molar-refractivity contribution in [1.29, 1.82) is 0 Å². The van der Waals surface area contributed by atoms with Crippen molar-refractivity contribution in [3.8, 4) is 0 Å². The topological polar surface area (TPSA) is 15.3 Å². The Morgan fingerprint density at radius 3 is 2.62 bits per heavy atom. The highest BCUT2D eigenvalue weighted by Crippen LogP contribution is 2.27. The number of thiocarbonyl (C=S) groups is 1. The summed E-state index contributed by atoms with van der Waals surface area (Å²) in [5.74, 6) is 0. The summed E-state index contributed by atoms with van der Waals surface area (Å²) in [6.07, 6.45) is 0. The molecule has 0 radical (unpaired) electrons. The Kier molecular flexibility index (Phi) is 2.42. The average Bonchev–Trinajstić information content (AvgIpc) is 2.47. The third-order valence-electron chi connectivity index (χ3n) is 1.89. The largest absolute Gasteiger partial charge is 0.281 e. The van der Waals surface area contributed by atoms with E-state index in [1.807, 2.05) is 18.2 Å². The number of anilines is 1. The van der Waals surface area contributed by atoms with Gasteiger partial charge in [0.05, 0.1) is 11.1 Å². The Morgan fingerprint density at radius 1 is 1.38 bits per heavy atom. The first kappa shape index (κ1) is 8.84. The number of thioether (sulfide) groups is 1. The predicted molar refractivity (Wildman–Crippen MR) is 61.7 cm³/mol. The zero-order valence-corrected chi connectivity index (χ0v) is 8.86. The molecule has 0 bridgehead atoms. The fourth-order valence-corrected chi connectivity index (χ4v) is 2.54. The summed E-state index contributed by atoms with van der Waals surface area (Å²) in [6.45, 7) is 2.13. The van der Waals surface area contributed by atoms with Crippen LogP contribution in [0.5, 0.6) is 0 Å². The Hall–Kier alpha value is -0.740. The lowest BCUT2D eigenvalue weighted by Crippen LogP contribution is -2.36. The SMILES string of the molecule is CC1SC(=S)NN1c1ccccc1. The van der Waals surface area contributed by atoms with Crippen molar-refractivity contribution in [2.24, 2.45) is 0 Å². The summed E-state index contributed by atoms with van der Waals surface area (Å²) in [5.41, 5.74) is 4.30. The molecule has 1 saturated heterocycles. The second-order valence-corrected chi connectivity index (χ2v) is 4.81. The Labute approximate surface area is 87.3 Å². The Bertz CT molecular complexity index is 313. The highest BCUT2D eigenvalue weighted by Gasteiger charge is 2.24. The molecule has 0 amide bonds. The van der Waals surface area contributed by atoms with E-state index in [2.05, 4.69) is 29.5 Å². The second kappa shape index (κ2) is 3.55. The van der Waals surface area contributed by atoms with E-state index >= 15 is 0 Å². The van der Waals surface area contributed by atoms with Crippen LogP contribution in [0.25, 0.3) is 0 Å². The predicted octanol–water partition coefficient (Wildman–Crippen LogP) is 2.38. The first-order valence-electron chi connectivity index (χ1n) is 4.09. The summed E-state index contributed by atoms with van der Waals surface area (Å²) < 4.78 is 0.844. The minimum Gasteiger partial charge on any atom is -0.281 e. The van der Waals surface area contributed by atoms with Crippen LogP contribution in [0, 0.1) is 0 Å². The summed E-state index contributed by atoms with van der Waals surface area (Å²) in [4.78, 5) is 0. The number of nitrogens with one attached hydrogen (secondary N) is 1. The molecule has 13 heavy (non-hydrogen) atoms. The number of hydrogen-bond acceptors (Lipinski definition) is 3. The van der Waals surface area contributed by atoms with Gasteiger partial charge in [0.1, 0.15) is 0 Å². The van der Waals surface area contributed by atoms with Crippen molar-refractivity contribution < 1.29 is 0 Å². The standard InChI is InChI=1S/C9H10N2S2/c1-7-11(10-9(12)13-7)8-5-3-2-4-6-8/h2-7H,1H3,(H,10,12). The summed E-state index contributed by atoms with van der Waals surface area (Å²) in [5, 5.41) is 2.45. The van der Waals surface area contributed by atoms with E-state index in [4.69, 9.17) is 12.2 Å². The molecule has 1 aliphatic heterocycles. The van der Waals surface area contributed by atoms with Gasteiger partial charge in [0.2, 0.25) is 0 Å². The lowest BCUT2D eigenvalue weighted by Gasteiger charge is -2.21. The molecule has 0 aliphatic carbocycles. The van der Waals surface area contributed by atoms with Crippen molar-refractivity contribution in [2.45, 2.75) is 12.3 Å². The maximum Gasteiger partial charge on any atom is 0.154 e. The Balaban J connectivity index is 2.23. The van der Waals surface area contributed by atoms with Crippen LogP contribution in [0.15, 0.2) is 30.3 Å². The van der Waals surface area contributed by atoms with Gasteiger partial charge in [-0.2, -0.15) is 0 Å². The van der Waals surface area contributed by atoms with Gasteiger partial charge >= 0.3 is 0 Å². The van der Waals surface area contributed by atoms with Gasteiger partial charge in [-0.25, -0.2) is 0 Å². The van der Waals surface area contributed by atoms with Gasteiger partial charge in [0.15, 0.2) is 4.32 Å². The number of hydrogen-bond donors (Lipinski definition) is 1. The van der Waals surface area contributed by atoms with Gasteiger partial charge in [-0.05, 0) is 19.1 Å².